The summed E-state index contributed by atoms with van der Waals surface area (Å²) in [6.45, 7) is 4.55. The molecule has 1 aliphatic rings. The summed E-state index contributed by atoms with van der Waals surface area (Å²) in [7, 11) is 1.86. The van der Waals surface area contributed by atoms with Crippen molar-refractivity contribution in [3.63, 3.8) is 0 Å². The molecule has 2 rings (SSSR count). The Kier molecular flexibility index (Phi) is 2.95. The van der Waals surface area contributed by atoms with Gasteiger partial charge in [0.1, 0.15) is 0 Å². The number of carbonyl (C=O) groups excluding carboxylic acids is 1. The Morgan fingerprint density at radius 1 is 1.65 bits per heavy atom. The molecule has 0 spiro atoms. The van der Waals surface area contributed by atoms with Gasteiger partial charge in [0.05, 0.1) is 16.8 Å². The summed E-state index contributed by atoms with van der Waals surface area (Å²) in [5.74, 6) is 0.328. The van der Waals surface area contributed by atoms with Gasteiger partial charge in [-0.15, -0.1) is 0 Å². The molecule has 0 radical (unpaired) electrons. The highest BCUT2D eigenvalue weighted by atomic mass is 16.2. The fraction of sp³-hybridized carbons (Fsp3) is 0.667. The molecule has 5 heteroatoms. The summed E-state index contributed by atoms with van der Waals surface area (Å²) in [5.41, 5.74) is 7.07. The van der Waals surface area contributed by atoms with Crippen LogP contribution in [0.3, 0.4) is 0 Å². The minimum atomic E-state index is -0.315. The largest absolute Gasteiger partial charge is 0.329 e. The van der Waals surface area contributed by atoms with E-state index in [1.165, 1.54) is 0 Å². The molecule has 0 aromatic carbocycles. The molecule has 17 heavy (non-hydrogen) atoms. The van der Waals surface area contributed by atoms with E-state index in [0.29, 0.717) is 12.5 Å². The minimum Gasteiger partial charge on any atom is -0.329 e. The Hall–Kier alpha value is -1.36. The van der Waals surface area contributed by atoms with Crippen LogP contribution in [0.2, 0.25) is 0 Å². The molecule has 5 nitrogen and oxygen atoms in total. The fourth-order valence-electron chi connectivity index (χ4n) is 1.96. The minimum absolute atomic E-state index is 0.0369. The number of nitrogens with one attached hydrogen (secondary N) is 1. The van der Waals surface area contributed by atoms with Crippen LogP contribution in [0.25, 0.3) is 0 Å². The van der Waals surface area contributed by atoms with Crippen molar-refractivity contribution in [1.29, 1.82) is 0 Å². The van der Waals surface area contributed by atoms with Crippen LogP contribution in [0.5, 0.6) is 0 Å². The summed E-state index contributed by atoms with van der Waals surface area (Å²) in [5, 5.41) is 7.33. The van der Waals surface area contributed by atoms with Gasteiger partial charge in [-0.3, -0.25) is 9.48 Å². The van der Waals surface area contributed by atoms with E-state index in [0.717, 1.165) is 24.2 Å². The predicted octanol–water partition coefficient (Wildman–Crippen LogP) is 1.22. The Labute approximate surface area is 101 Å². The molecule has 1 aromatic heterocycles. The maximum Gasteiger partial charge on any atom is 0.231 e. The first kappa shape index (κ1) is 12.1. The zero-order valence-electron chi connectivity index (χ0n) is 10.7. The number of nitrogens with two attached hydrogens (primary N) is 1. The third-order valence-electron chi connectivity index (χ3n) is 3.38. The van der Waals surface area contributed by atoms with Gasteiger partial charge < -0.3 is 11.1 Å². The standard InChI is InChI=1S/C12H20N4O/c1-8(2)10-9(6-16(3)15-10)14-11(17)12(7-13)4-5-12/h6,8H,4-5,7,13H2,1-3H3,(H,14,17). The molecule has 0 saturated heterocycles. The number of carbonyl (C=O) groups is 1. The highest BCUT2D eigenvalue weighted by Gasteiger charge is 2.48. The van der Waals surface area contributed by atoms with Gasteiger partial charge in [0.15, 0.2) is 0 Å². The molecule has 1 fully saturated rings. The molecule has 0 aliphatic heterocycles. The number of nitrogens with zero attached hydrogens (tertiary/aromatic N) is 2. The van der Waals surface area contributed by atoms with Crippen molar-refractivity contribution in [3.05, 3.63) is 11.9 Å². The molecule has 1 amide bonds. The maximum atomic E-state index is 12.1. The van der Waals surface area contributed by atoms with Crippen LogP contribution in [-0.4, -0.2) is 22.2 Å². The number of aryl methyl sites for hydroxylation is 1. The lowest BCUT2D eigenvalue weighted by Crippen LogP contribution is -2.31. The molecule has 1 saturated carbocycles. The Morgan fingerprint density at radius 2 is 2.29 bits per heavy atom. The van der Waals surface area contributed by atoms with Crippen LogP contribution < -0.4 is 11.1 Å². The lowest BCUT2D eigenvalue weighted by molar-refractivity contribution is -0.120. The van der Waals surface area contributed by atoms with Gasteiger partial charge in [-0.25, -0.2) is 0 Å². The Morgan fingerprint density at radius 3 is 2.76 bits per heavy atom. The maximum absolute atomic E-state index is 12.1. The van der Waals surface area contributed by atoms with E-state index in [9.17, 15) is 4.79 Å². The molecular weight excluding hydrogens is 216 g/mol. The van der Waals surface area contributed by atoms with Gasteiger partial charge in [-0.05, 0) is 18.8 Å². The van der Waals surface area contributed by atoms with Crippen molar-refractivity contribution in [2.75, 3.05) is 11.9 Å². The van der Waals surface area contributed by atoms with E-state index in [-0.39, 0.29) is 11.3 Å². The summed E-state index contributed by atoms with van der Waals surface area (Å²) in [6.07, 6.45) is 3.64. The monoisotopic (exact) mass is 236 g/mol. The first-order chi connectivity index (χ1) is 7.98. The molecule has 1 aromatic rings. The lowest BCUT2D eigenvalue weighted by Gasteiger charge is -2.13. The Bertz CT molecular complexity index is 432. The fourth-order valence-corrected chi connectivity index (χ4v) is 1.96. The zero-order chi connectivity index (χ0) is 12.6. The second-order valence-corrected chi connectivity index (χ2v) is 5.19. The number of aromatic nitrogens is 2. The topological polar surface area (TPSA) is 72.9 Å². The molecule has 0 unspecified atom stereocenters. The molecule has 94 valence electrons. The van der Waals surface area contributed by atoms with Gasteiger partial charge in [0, 0.05) is 19.8 Å². The number of hydrogen-bond acceptors (Lipinski definition) is 3. The van der Waals surface area contributed by atoms with Crippen molar-refractivity contribution in [2.45, 2.75) is 32.6 Å². The van der Waals surface area contributed by atoms with Crippen LogP contribution in [0.1, 0.15) is 38.3 Å². The van der Waals surface area contributed by atoms with Crippen molar-refractivity contribution in [1.82, 2.24) is 9.78 Å². The van der Waals surface area contributed by atoms with Crippen molar-refractivity contribution >= 4 is 11.6 Å². The normalized spacial score (nSPS) is 17.2. The van der Waals surface area contributed by atoms with Crippen molar-refractivity contribution in [2.24, 2.45) is 18.2 Å². The average Bonchev–Trinajstić information content (AvgIpc) is 2.98. The second-order valence-electron chi connectivity index (χ2n) is 5.19. The van der Waals surface area contributed by atoms with Gasteiger partial charge >= 0.3 is 0 Å². The van der Waals surface area contributed by atoms with E-state index in [2.05, 4.69) is 24.3 Å². The molecule has 0 atom stereocenters. The molecule has 1 aliphatic carbocycles. The number of amides is 1. The van der Waals surface area contributed by atoms with Crippen molar-refractivity contribution < 1.29 is 4.79 Å². The molecular formula is C12H20N4O. The van der Waals surface area contributed by atoms with E-state index in [4.69, 9.17) is 5.73 Å². The highest BCUT2D eigenvalue weighted by molar-refractivity contribution is 5.97. The lowest BCUT2D eigenvalue weighted by atomic mass is 10.1. The van der Waals surface area contributed by atoms with Crippen LogP contribution in [0.4, 0.5) is 5.69 Å². The third kappa shape index (κ3) is 2.20. The van der Waals surface area contributed by atoms with Crippen LogP contribution in [-0.2, 0) is 11.8 Å². The summed E-state index contributed by atoms with van der Waals surface area (Å²) >= 11 is 0. The van der Waals surface area contributed by atoms with Gasteiger partial charge in [0.25, 0.3) is 0 Å². The van der Waals surface area contributed by atoms with Gasteiger partial charge in [-0.1, -0.05) is 13.8 Å². The van der Waals surface area contributed by atoms with Crippen molar-refractivity contribution in [3.8, 4) is 0 Å². The first-order valence-electron chi connectivity index (χ1n) is 6.03. The SMILES string of the molecule is CC(C)c1nn(C)cc1NC(=O)C1(CN)CC1. The van der Waals surface area contributed by atoms with Gasteiger partial charge in [-0.2, -0.15) is 5.10 Å². The summed E-state index contributed by atoms with van der Waals surface area (Å²) in [6, 6.07) is 0. The van der Waals surface area contributed by atoms with E-state index in [1.807, 2.05) is 13.2 Å². The van der Waals surface area contributed by atoms with Crippen LogP contribution in [0.15, 0.2) is 6.20 Å². The van der Waals surface area contributed by atoms with Gasteiger partial charge in [0.2, 0.25) is 5.91 Å². The number of hydrogen-bond donors (Lipinski definition) is 2. The van der Waals surface area contributed by atoms with E-state index >= 15 is 0 Å². The third-order valence-corrected chi connectivity index (χ3v) is 3.38. The zero-order valence-corrected chi connectivity index (χ0v) is 10.7. The Balaban J connectivity index is 2.16. The highest BCUT2D eigenvalue weighted by Crippen LogP contribution is 2.45. The molecule has 0 bridgehead atoms. The number of rotatable bonds is 4. The molecule has 3 N–H and O–H groups in total. The van der Waals surface area contributed by atoms with E-state index < -0.39 is 0 Å². The summed E-state index contributed by atoms with van der Waals surface area (Å²) in [4.78, 5) is 12.1. The quantitative estimate of drug-likeness (QED) is 0.825. The molecule has 1 heterocycles. The smallest absolute Gasteiger partial charge is 0.231 e. The van der Waals surface area contributed by atoms with Crippen LogP contribution in [0, 0.1) is 5.41 Å². The summed E-state index contributed by atoms with van der Waals surface area (Å²) < 4.78 is 1.73. The van der Waals surface area contributed by atoms with Crippen LogP contribution >= 0.6 is 0 Å². The number of anilines is 1. The first-order valence-corrected chi connectivity index (χ1v) is 6.03. The van der Waals surface area contributed by atoms with E-state index in [1.54, 1.807) is 4.68 Å². The second kappa shape index (κ2) is 4.14. The average molecular weight is 236 g/mol. The predicted molar refractivity (Wildman–Crippen MR) is 66.6 cm³/mol.